The number of carbonyl (C=O) groups is 1. The molecule has 11 nitrogen and oxygen atoms in total. The molecule has 1 amide bonds. The summed E-state index contributed by atoms with van der Waals surface area (Å²) in [5, 5.41) is 43.0. The van der Waals surface area contributed by atoms with Crippen molar-refractivity contribution in [3.8, 4) is 0 Å². The van der Waals surface area contributed by atoms with Gasteiger partial charge in [0.2, 0.25) is 6.29 Å². The Kier molecular flexibility index (Phi) is 6.29. The fourth-order valence-corrected chi connectivity index (χ4v) is 3.57. The van der Waals surface area contributed by atoms with Crippen LogP contribution in [-0.2, 0) is 14.3 Å². The van der Waals surface area contributed by atoms with Crippen LogP contribution in [0.15, 0.2) is 29.7 Å². The number of aromatic nitrogens is 1. The summed E-state index contributed by atoms with van der Waals surface area (Å²) in [5.41, 5.74) is 0.144. The smallest absolute Gasteiger partial charge is 0.345 e. The second kappa shape index (κ2) is 8.55. The fourth-order valence-electron chi connectivity index (χ4n) is 2.94. The maximum absolute atomic E-state index is 12.7. The van der Waals surface area contributed by atoms with E-state index >= 15 is 0 Å². The molecule has 1 aromatic rings. The van der Waals surface area contributed by atoms with E-state index in [0.717, 1.165) is 17.5 Å². The number of hydrogen-bond acceptors (Lipinski definition) is 10. The maximum Gasteiger partial charge on any atom is 0.345 e. The van der Waals surface area contributed by atoms with Gasteiger partial charge in [-0.25, -0.2) is 4.98 Å². The molecule has 2 heterocycles. The Balaban J connectivity index is 1.75. The Labute approximate surface area is 169 Å². The van der Waals surface area contributed by atoms with Gasteiger partial charge in [0.05, 0.1) is 16.6 Å². The van der Waals surface area contributed by atoms with Crippen molar-refractivity contribution >= 4 is 27.4 Å². The van der Waals surface area contributed by atoms with Crippen LogP contribution in [0.1, 0.15) is 20.3 Å². The van der Waals surface area contributed by atoms with Crippen molar-refractivity contribution in [1.82, 2.24) is 4.98 Å². The van der Waals surface area contributed by atoms with Crippen molar-refractivity contribution in [2.45, 2.75) is 51.0 Å². The van der Waals surface area contributed by atoms with Crippen LogP contribution in [-0.4, -0.2) is 61.8 Å². The molecular weight excluding hydrogens is 406 g/mol. The van der Waals surface area contributed by atoms with Crippen LogP contribution in [0, 0.1) is 16.0 Å². The molecule has 0 aromatic carbocycles. The monoisotopic (exact) mass is 427 g/mol. The highest BCUT2D eigenvalue weighted by Crippen LogP contribution is 2.31. The van der Waals surface area contributed by atoms with E-state index in [2.05, 4.69) is 10.3 Å². The van der Waals surface area contributed by atoms with Crippen molar-refractivity contribution in [2.24, 2.45) is 5.92 Å². The van der Waals surface area contributed by atoms with Crippen LogP contribution in [0.4, 0.5) is 10.1 Å². The Bertz CT molecular complexity index is 853. The number of nitro groups is 1. The highest BCUT2D eigenvalue weighted by Gasteiger charge is 2.43. The van der Waals surface area contributed by atoms with Gasteiger partial charge in [-0.3, -0.25) is 20.2 Å². The molecule has 1 aromatic heterocycles. The predicted molar refractivity (Wildman–Crippen MR) is 101 cm³/mol. The quantitative estimate of drug-likeness (QED) is 0.391. The van der Waals surface area contributed by atoms with Gasteiger partial charge in [0.25, 0.3) is 5.91 Å². The number of aliphatic hydroxyl groups excluding tert-OH is 3. The second-order valence-corrected chi connectivity index (χ2v) is 7.88. The van der Waals surface area contributed by atoms with Gasteiger partial charge in [-0.1, -0.05) is 13.0 Å². The van der Waals surface area contributed by atoms with Gasteiger partial charge in [0.1, 0.15) is 30.3 Å². The predicted octanol–water partition coefficient (Wildman–Crippen LogP) is 0.684. The topological polar surface area (TPSA) is 164 Å². The third kappa shape index (κ3) is 4.62. The molecule has 1 aliphatic heterocycles. The number of thiazole rings is 1. The van der Waals surface area contributed by atoms with Gasteiger partial charge in [-0.2, -0.15) is 0 Å². The summed E-state index contributed by atoms with van der Waals surface area (Å²) >= 11 is 0.717. The lowest BCUT2D eigenvalue weighted by atomic mass is 9.95. The molecular formula is C17H21N3O8S. The van der Waals surface area contributed by atoms with Crippen LogP contribution in [0.5, 0.6) is 0 Å². The molecule has 4 unspecified atom stereocenters. The van der Waals surface area contributed by atoms with Gasteiger partial charge in [0.15, 0.2) is 5.13 Å². The lowest BCUT2D eigenvalue weighted by Crippen LogP contribution is -2.57. The lowest BCUT2D eigenvalue weighted by Gasteiger charge is -2.39. The number of ether oxygens (including phenoxy) is 2. The summed E-state index contributed by atoms with van der Waals surface area (Å²) in [4.78, 5) is 26.7. The number of anilines is 1. The Hall–Kier alpha value is -2.38. The number of hydrogen-bond donors (Lipinski definition) is 4. The Morgan fingerprint density at radius 3 is 2.72 bits per heavy atom. The molecule has 4 N–H and O–H groups in total. The maximum atomic E-state index is 12.7. The molecule has 0 saturated carbocycles. The zero-order valence-electron chi connectivity index (χ0n) is 15.6. The molecule has 2 aliphatic rings. The average molecular weight is 427 g/mol. The normalized spacial score (nSPS) is 32.2. The average Bonchev–Trinajstić information content (AvgIpc) is 3.14. The van der Waals surface area contributed by atoms with Crippen molar-refractivity contribution in [3.05, 3.63) is 39.8 Å². The van der Waals surface area contributed by atoms with Crippen molar-refractivity contribution in [1.29, 1.82) is 0 Å². The molecule has 1 saturated heterocycles. The molecule has 12 heteroatoms. The molecule has 0 spiro atoms. The summed E-state index contributed by atoms with van der Waals surface area (Å²) in [5.74, 6) is -0.435. The number of nitrogens with zero attached hydrogens (tertiary/aromatic N) is 2. The molecule has 3 rings (SSSR count). The van der Waals surface area contributed by atoms with E-state index < -0.39 is 41.5 Å². The van der Waals surface area contributed by atoms with Gasteiger partial charge in [-0.15, -0.1) is 0 Å². The lowest BCUT2D eigenvalue weighted by molar-refractivity contribution is -0.380. The van der Waals surface area contributed by atoms with E-state index in [-0.39, 0.29) is 27.4 Å². The number of nitrogens with one attached hydrogen (secondary N) is 1. The minimum absolute atomic E-state index is 0.0252. The molecule has 29 heavy (non-hydrogen) atoms. The zero-order valence-corrected chi connectivity index (χ0v) is 16.4. The van der Waals surface area contributed by atoms with Crippen molar-refractivity contribution in [3.63, 3.8) is 0 Å². The van der Waals surface area contributed by atoms with Crippen molar-refractivity contribution < 1.29 is 34.5 Å². The highest BCUT2D eigenvalue weighted by molar-refractivity contribution is 7.18. The minimum Gasteiger partial charge on any atom is -0.461 e. The first-order valence-corrected chi connectivity index (χ1v) is 9.69. The van der Waals surface area contributed by atoms with E-state index in [9.17, 15) is 30.2 Å². The summed E-state index contributed by atoms with van der Waals surface area (Å²) in [6.07, 6.45) is -1.41. The van der Waals surface area contributed by atoms with Crippen LogP contribution in [0.3, 0.4) is 0 Å². The number of amides is 1. The first kappa shape index (κ1) is 21.3. The van der Waals surface area contributed by atoms with E-state index in [1.807, 2.05) is 6.92 Å². The molecule has 1 fully saturated rings. The Morgan fingerprint density at radius 2 is 2.07 bits per heavy atom. The summed E-state index contributed by atoms with van der Waals surface area (Å²) in [7, 11) is 0. The molecule has 6 atom stereocenters. The molecule has 0 radical (unpaired) electrons. The van der Waals surface area contributed by atoms with Crippen molar-refractivity contribution in [2.75, 3.05) is 5.32 Å². The van der Waals surface area contributed by atoms with Gasteiger partial charge in [-0.05, 0) is 36.7 Å². The molecule has 158 valence electrons. The first-order chi connectivity index (χ1) is 13.7. The first-order valence-electron chi connectivity index (χ1n) is 8.87. The minimum atomic E-state index is -1.52. The van der Waals surface area contributed by atoms with E-state index in [1.165, 1.54) is 6.92 Å². The number of carbonyl (C=O) groups excluding carboxylic acids is 1. The fraction of sp³-hybridized carbons (Fsp3) is 0.529. The number of allylic oxidation sites excluding steroid dienone is 2. The summed E-state index contributed by atoms with van der Waals surface area (Å²) in [6, 6.07) is 0. The zero-order chi connectivity index (χ0) is 21.3. The van der Waals surface area contributed by atoms with E-state index in [0.29, 0.717) is 6.42 Å². The van der Waals surface area contributed by atoms with E-state index in [1.54, 1.807) is 12.2 Å². The van der Waals surface area contributed by atoms with Crippen LogP contribution in [0.2, 0.25) is 0 Å². The Morgan fingerprint density at radius 1 is 1.34 bits per heavy atom. The molecule has 1 aliphatic carbocycles. The summed E-state index contributed by atoms with van der Waals surface area (Å²) < 4.78 is 11.1. The highest BCUT2D eigenvalue weighted by atomic mass is 32.1. The SMILES string of the molecule is CC1C=C(C(=O)Nc2ncc([N+](=O)[O-])s2)C(OC2OC(C)[C@H](O)C(O)[C@H]2O)=CC1. The van der Waals surface area contributed by atoms with Gasteiger partial charge >= 0.3 is 5.00 Å². The number of rotatable bonds is 5. The van der Waals surface area contributed by atoms with Crippen LogP contribution < -0.4 is 5.32 Å². The van der Waals surface area contributed by atoms with Gasteiger partial charge in [0, 0.05) is 0 Å². The van der Waals surface area contributed by atoms with Gasteiger partial charge < -0.3 is 24.8 Å². The second-order valence-electron chi connectivity index (χ2n) is 6.88. The van der Waals surface area contributed by atoms with Crippen LogP contribution in [0.25, 0.3) is 0 Å². The van der Waals surface area contributed by atoms with Crippen LogP contribution >= 0.6 is 11.3 Å². The largest absolute Gasteiger partial charge is 0.461 e. The number of aliphatic hydroxyl groups is 3. The third-order valence-electron chi connectivity index (χ3n) is 4.58. The standard InChI is InChI=1S/C17H21N3O8S/c1-7-3-4-10(28-16-14(23)13(22)12(21)8(2)27-16)9(5-7)15(24)19-17-18-6-11(29-17)20(25)26/h4-8,12-14,16,21-23H,3H2,1-2H3,(H,18,19,24)/t7?,8?,12-,13?,14+,16?/m0/s1. The van der Waals surface area contributed by atoms with E-state index in [4.69, 9.17) is 9.47 Å². The molecule has 0 bridgehead atoms. The summed E-state index contributed by atoms with van der Waals surface area (Å²) in [6.45, 7) is 3.41. The third-order valence-corrected chi connectivity index (χ3v) is 5.45.